The van der Waals surface area contributed by atoms with Crippen molar-refractivity contribution in [1.29, 1.82) is 0 Å². The Hall–Kier alpha value is -1.88. The molecule has 1 saturated heterocycles. The number of nitrogens with zero attached hydrogens (tertiary/aromatic N) is 2. The maximum absolute atomic E-state index is 12.5. The second-order valence-electron chi connectivity index (χ2n) is 7.48. The van der Waals surface area contributed by atoms with E-state index in [-0.39, 0.29) is 17.7 Å². The summed E-state index contributed by atoms with van der Waals surface area (Å²) in [7, 11) is 1.91. The van der Waals surface area contributed by atoms with E-state index >= 15 is 0 Å². The van der Waals surface area contributed by atoms with Gasteiger partial charge in [0.15, 0.2) is 0 Å². The third-order valence-corrected chi connectivity index (χ3v) is 5.27. The lowest BCUT2D eigenvalue weighted by Gasteiger charge is -2.32. The maximum atomic E-state index is 12.5. The number of benzene rings is 1. The fourth-order valence-corrected chi connectivity index (χ4v) is 3.55. The van der Waals surface area contributed by atoms with Gasteiger partial charge in [-0.15, -0.1) is 0 Å². The van der Waals surface area contributed by atoms with Crippen LogP contribution in [0.15, 0.2) is 18.2 Å². The van der Waals surface area contributed by atoms with E-state index in [4.69, 9.17) is 0 Å². The first-order valence-corrected chi connectivity index (χ1v) is 9.75. The minimum absolute atomic E-state index is 0.0206. The summed E-state index contributed by atoms with van der Waals surface area (Å²) in [6.07, 6.45) is 3.84. The topological polar surface area (TPSA) is 52.7 Å². The van der Waals surface area contributed by atoms with Crippen LogP contribution < -0.4 is 5.32 Å². The van der Waals surface area contributed by atoms with E-state index in [0.29, 0.717) is 6.54 Å². The van der Waals surface area contributed by atoms with Crippen molar-refractivity contribution in [1.82, 2.24) is 9.80 Å². The zero-order valence-corrected chi connectivity index (χ0v) is 16.7. The normalized spacial score (nSPS) is 15.7. The molecule has 5 nitrogen and oxygen atoms in total. The van der Waals surface area contributed by atoms with Gasteiger partial charge in [0, 0.05) is 25.2 Å². The molecule has 0 radical (unpaired) electrons. The van der Waals surface area contributed by atoms with E-state index < -0.39 is 0 Å². The number of aryl methyl sites for hydroxylation is 2. The third kappa shape index (κ3) is 5.56. The Balaban J connectivity index is 1.79. The Morgan fingerprint density at radius 1 is 1.19 bits per heavy atom. The Morgan fingerprint density at radius 3 is 2.38 bits per heavy atom. The molecule has 144 valence electrons. The number of nitrogens with one attached hydrogen (secondary N) is 1. The summed E-state index contributed by atoms with van der Waals surface area (Å²) in [5.74, 6) is 0.389. The van der Waals surface area contributed by atoms with E-state index in [1.54, 1.807) is 0 Å². The lowest BCUT2D eigenvalue weighted by molar-refractivity contribution is -0.135. The molecule has 1 heterocycles. The van der Waals surface area contributed by atoms with Crippen molar-refractivity contribution in [2.24, 2.45) is 5.92 Å². The number of carbonyl (C=O) groups is 2. The summed E-state index contributed by atoms with van der Waals surface area (Å²) in [5.41, 5.74) is 3.08. The lowest BCUT2D eigenvalue weighted by atomic mass is 9.95. The van der Waals surface area contributed by atoms with Crippen LogP contribution in [0.2, 0.25) is 0 Å². The average molecular weight is 360 g/mol. The van der Waals surface area contributed by atoms with Crippen LogP contribution in [-0.2, 0) is 9.59 Å². The van der Waals surface area contributed by atoms with Crippen LogP contribution in [-0.4, -0.2) is 54.8 Å². The molecule has 5 heteroatoms. The van der Waals surface area contributed by atoms with E-state index in [9.17, 15) is 9.59 Å². The van der Waals surface area contributed by atoms with Crippen LogP contribution in [0.5, 0.6) is 0 Å². The van der Waals surface area contributed by atoms with Crippen molar-refractivity contribution in [2.75, 3.05) is 38.5 Å². The van der Waals surface area contributed by atoms with Crippen LogP contribution in [0.1, 0.15) is 43.7 Å². The molecule has 2 rings (SSSR count). The third-order valence-electron chi connectivity index (χ3n) is 5.27. The largest absolute Gasteiger partial charge is 0.346 e. The fraction of sp³-hybridized carbons (Fsp3) is 0.619. The minimum atomic E-state index is 0.0206. The van der Waals surface area contributed by atoms with Crippen LogP contribution in [0.3, 0.4) is 0 Å². The van der Waals surface area contributed by atoms with Gasteiger partial charge in [-0.05, 0) is 57.3 Å². The average Bonchev–Trinajstić information content (AvgIpc) is 2.63. The van der Waals surface area contributed by atoms with Gasteiger partial charge in [-0.2, -0.15) is 0 Å². The quantitative estimate of drug-likeness (QED) is 0.813. The van der Waals surface area contributed by atoms with Gasteiger partial charge in [0.1, 0.15) is 0 Å². The van der Waals surface area contributed by atoms with Crippen molar-refractivity contribution in [3.63, 3.8) is 0 Å². The standard InChI is InChI=1S/C21H33N3O2/c1-5-6-12-23(4)21(26)18-10-13-24(14-11-18)15-19(25)22-20-16(2)8-7-9-17(20)3/h7-9,18H,5-6,10-15H2,1-4H3,(H,22,25). The van der Waals surface area contributed by atoms with Crippen molar-refractivity contribution in [3.8, 4) is 0 Å². The van der Waals surface area contributed by atoms with E-state index in [1.165, 1.54) is 0 Å². The molecular weight excluding hydrogens is 326 g/mol. The van der Waals surface area contributed by atoms with Crippen molar-refractivity contribution >= 4 is 17.5 Å². The summed E-state index contributed by atoms with van der Waals surface area (Å²) in [5, 5.41) is 3.05. The van der Waals surface area contributed by atoms with E-state index in [2.05, 4.69) is 17.1 Å². The number of amides is 2. The molecule has 1 fully saturated rings. The summed E-state index contributed by atoms with van der Waals surface area (Å²) in [4.78, 5) is 28.9. The van der Waals surface area contributed by atoms with Crippen molar-refractivity contribution in [3.05, 3.63) is 29.3 Å². The van der Waals surface area contributed by atoms with Crippen LogP contribution in [0.25, 0.3) is 0 Å². The molecule has 0 aliphatic carbocycles. The summed E-state index contributed by atoms with van der Waals surface area (Å²) in [6, 6.07) is 6.02. The molecule has 0 saturated carbocycles. The predicted molar refractivity (Wildman–Crippen MR) is 106 cm³/mol. The van der Waals surface area contributed by atoms with E-state index in [1.807, 2.05) is 44.0 Å². The second kappa shape index (κ2) is 9.72. The number of anilines is 1. The van der Waals surface area contributed by atoms with Gasteiger partial charge >= 0.3 is 0 Å². The molecular formula is C21H33N3O2. The van der Waals surface area contributed by atoms with Crippen molar-refractivity contribution < 1.29 is 9.59 Å². The number of hydrogen-bond donors (Lipinski definition) is 1. The van der Waals surface area contributed by atoms with Gasteiger partial charge < -0.3 is 10.2 Å². The molecule has 26 heavy (non-hydrogen) atoms. The molecule has 2 amide bonds. The molecule has 1 aliphatic rings. The SMILES string of the molecule is CCCCN(C)C(=O)C1CCN(CC(=O)Nc2c(C)cccc2C)CC1. The number of hydrogen-bond acceptors (Lipinski definition) is 3. The number of unbranched alkanes of at least 4 members (excludes halogenated alkanes) is 1. The first kappa shape index (κ1) is 20.4. The monoisotopic (exact) mass is 359 g/mol. The minimum Gasteiger partial charge on any atom is -0.346 e. The zero-order valence-electron chi connectivity index (χ0n) is 16.7. The van der Waals surface area contributed by atoms with Gasteiger partial charge in [-0.1, -0.05) is 31.5 Å². The van der Waals surface area contributed by atoms with E-state index in [0.717, 1.165) is 62.1 Å². The summed E-state index contributed by atoms with van der Waals surface area (Å²) in [6.45, 7) is 8.99. The number of para-hydroxylation sites is 1. The molecule has 1 aliphatic heterocycles. The van der Waals surface area contributed by atoms with Crippen LogP contribution in [0.4, 0.5) is 5.69 Å². The highest BCUT2D eigenvalue weighted by Crippen LogP contribution is 2.21. The maximum Gasteiger partial charge on any atom is 0.238 e. The second-order valence-corrected chi connectivity index (χ2v) is 7.48. The van der Waals surface area contributed by atoms with Gasteiger partial charge in [0.25, 0.3) is 0 Å². The fourth-order valence-electron chi connectivity index (χ4n) is 3.55. The number of likely N-dealkylation sites (tertiary alicyclic amines) is 1. The highest BCUT2D eigenvalue weighted by molar-refractivity contribution is 5.93. The van der Waals surface area contributed by atoms with Gasteiger partial charge in [0.2, 0.25) is 11.8 Å². The molecule has 1 N–H and O–H groups in total. The molecule has 1 aromatic rings. The number of carbonyl (C=O) groups excluding carboxylic acids is 2. The Morgan fingerprint density at radius 2 is 1.81 bits per heavy atom. The number of piperidine rings is 1. The first-order chi connectivity index (χ1) is 12.4. The Labute approximate surface area is 157 Å². The molecule has 0 aromatic heterocycles. The highest BCUT2D eigenvalue weighted by Gasteiger charge is 2.27. The number of rotatable bonds is 7. The Bertz CT molecular complexity index is 601. The first-order valence-electron chi connectivity index (χ1n) is 9.75. The molecule has 0 unspecified atom stereocenters. The lowest BCUT2D eigenvalue weighted by Crippen LogP contribution is -2.43. The van der Waals surface area contributed by atoms with Crippen molar-refractivity contribution in [2.45, 2.75) is 46.5 Å². The molecule has 0 spiro atoms. The molecule has 0 bridgehead atoms. The van der Waals surface area contributed by atoms with Crippen LogP contribution >= 0.6 is 0 Å². The molecule has 0 atom stereocenters. The van der Waals surface area contributed by atoms with Crippen LogP contribution in [0, 0.1) is 19.8 Å². The van der Waals surface area contributed by atoms with Gasteiger partial charge in [-0.25, -0.2) is 0 Å². The summed E-state index contributed by atoms with van der Waals surface area (Å²) < 4.78 is 0. The van der Waals surface area contributed by atoms with Gasteiger partial charge in [0.05, 0.1) is 6.54 Å². The Kier molecular flexibility index (Phi) is 7.64. The molecule has 1 aromatic carbocycles. The smallest absolute Gasteiger partial charge is 0.238 e. The highest BCUT2D eigenvalue weighted by atomic mass is 16.2. The zero-order chi connectivity index (χ0) is 19.1. The summed E-state index contributed by atoms with van der Waals surface area (Å²) >= 11 is 0. The predicted octanol–water partition coefficient (Wildman–Crippen LogP) is 3.21. The van der Waals surface area contributed by atoms with Gasteiger partial charge in [-0.3, -0.25) is 14.5 Å².